The Balaban J connectivity index is 1.41. The number of aryl methyl sites for hydroxylation is 2. The van der Waals surface area contributed by atoms with Crippen LogP contribution in [0, 0.1) is 5.41 Å². The van der Waals surface area contributed by atoms with Crippen LogP contribution in [0.25, 0.3) is 10.9 Å². The Morgan fingerprint density at radius 3 is 2.21 bits per heavy atom. The highest BCUT2D eigenvalue weighted by Gasteiger charge is 2.47. The van der Waals surface area contributed by atoms with E-state index in [1.165, 1.54) is 16.5 Å². The van der Waals surface area contributed by atoms with E-state index in [0.717, 1.165) is 24.1 Å². The van der Waals surface area contributed by atoms with Gasteiger partial charge in [0, 0.05) is 49.1 Å². The van der Waals surface area contributed by atoms with Crippen molar-refractivity contribution in [1.82, 2.24) is 9.47 Å². The van der Waals surface area contributed by atoms with Gasteiger partial charge in [0.25, 0.3) is 0 Å². The van der Waals surface area contributed by atoms with E-state index in [-0.39, 0.29) is 17.6 Å². The van der Waals surface area contributed by atoms with E-state index in [1.807, 2.05) is 60.4 Å². The van der Waals surface area contributed by atoms with Gasteiger partial charge in [-0.15, -0.1) is 0 Å². The summed E-state index contributed by atoms with van der Waals surface area (Å²) >= 11 is 0. The quantitative estimate of drug-likeness (QED) is 0.222. The molecule has 0 aliphatic carbocycles. The molecule has 4 nitrogen and oxygen atoms in total. The van der Waals surface area contributed by atoms with Gasteiger partial charge in [0.05, 0.1) is 0 Å². The smallest absolute Gasteiger partial charge is 0.236 e. The molecule has 0 spiro atoms. The summed E-state index contributed by atoms with van der Waals surface area (Å²) in [5, 5.41) is 1.28. The van der Waals surface area contributed by atoms with Gasteiger partial charge in [0.1, 0.15) is 11.2 Å². The van der Waals surface area contributed by atoms with E-state index in [9.17, 15) is 9.59 Å². The van der Waals surface area contributed by atoms with Crippen LogP contribution < -0.4 is 0 Å². The van der Waals surface area contributed by atoms with Gasteiger partial charge in [0.2, 0.25) is 5.91 Å². The van der Waals surface area contributed by atoms with E-state index in [2.05, 4.69) is 54.1 Å². The zero-order chi connectivity index (χ0) is 26.5. The summed E-state index contributed by atoms with van der Waals surface area (Å²) < 4.78 is 2.30. The van der Waals surface area contributed by atoms with E-state index in [4.69, 9.17) is 0 Å². The van der Waals surface area contributed by atoms with Gasteiger partial charge in [-0.05, 0) is 55.4 Å². The third kappa shape index (κ3) is 5.05. The molecule has 3 aromatic carbocycles. The number of Topliss-reactive ketones (excluding diaryl/α,β-unsaturated/α-hetero) is 1. The largest absolute Gasteiger partial charge is 0.347 e. The molecule has 0 N–H and O–H groups in total. The monoisotopic (exact) mass is 506 g/mol. The van der Waals surface area contributed by atoms with Gasteiger partial charge in [-0.25, -0.2) is 0 Å². The van der Waals surface area contributed by atoms with Crippen LogP contribution in [-0.2, 0) is 29.0 Å². The van der Waals surface area contributed by atoms with Gasteiger partial charge >= 0.3 is 0 Å². The first-order valence-corrected chi connectivity index (χ1v) is 14.0. The predicted molar refractivity (Wildman–Crippen MR) is 154 cm³/mol. The van der Waals surface area contributed by atoms with Crippen molar-refractivity contribution in [2.45, 2.75) is 58.4 Å². The topological polar surface area (TPSA) is 42.3 Å². The number of amides is 1. The van der Waals surface area contributed by atoms with Crippen LogP contribution in [0.1, 0.15) is 55.7 Å². The number of para-hydroxylation sites is 1. The minimum atomic E-state index is -1.04. The summed E-state index contributed by atoms with van der Waals surface area (Å²) in [6.45, 7) is 6.45. The van der Waals surface area contributed by atoms with Crippen molar-refractivity contribution in [1.29, 1.82) is 0 Å². The summed E-state index contributed by atoms with van der Waals surface area (Å²) in [4.78, 5) is 30.3. The second kappa shape index (κ2) is 11.4. The highest BCUT2D eigenvalue weighted by atomic mass is 16.2. The van der Waals surface area contributed by atoms with Crippen LogP contribution in [0.2, 0.25) is 0 Å². The molecule has 2 atom stereocenters. The summed E-state index contributed by atoms with van der Waals surface area (Å²) in [6, 6.07) is 28.7. The number of nitrogens with zero attached hydrogens (tertiary/aromatic N) is 2. The molecule has 5 rings (SSSR count). The number of aromatic nitrogens is 1. The zero-order valence-corrected chi connectivity index (χ0v) is 22.6. The number of benzene rings is 3. The second-order valence-electron chi connectivity index (χ2n) is 10.6. The first kappa shape index (κ1) is 26.0. The second-order valence-corrected chi connectivity index (χ2v) is 10.6. The molecule has 2 unspecified atom stereocenters. The fraction of sp³-hybridized carbons (Fsp3) is 0.353. The normalized spacial score (nSPS) is 17.0. The molecule has 1 aromatic heterocycles. The fourth-order valence-corrected chi connectivity index (χ4v) is 6.22. The maximum atomic E-state index is 14.4. The molecule has 1 amide bonds. The SMILES string of the molecule is CCn1cc(C2CCN(C(=O)C(CC)(Cc3ccccc3)C(=O)CCc3ccccc3)C2)c2ccccc21. The lowest BCUT2D eigenvalue weighted by Crippen LogP contribution is -2.49. The van der Waals surface area contributed by atoms with Crippen molar-refractivity contribution in [3.05, 3.63) is 108 Å². The van der Waals surface area contributed by atoms with Crippen molar-refractivity contribution in [3.63, 3.8) is 0 Å². The van der Waals surface area contributed by atoms with Gasteiger partial charge in [0.15, 0.2) is 0 Å². The number of carbonyl (C=O) groups excluding carboxylic acids is 2. The van der Waals surface area contributed by atoms with Gasteiger partial charge < -0.3 is 9.47 Å². The number of ketones is 1. The van der Waals surface area contributed by atoms with Crippen molar-refractivity contribution in [2.75, 3.05) is 13.1 Å². The summed E-state index contributed by atoms with van der Waals surface area (Å²) in [5.74, 6) is 0.342. The number of hydrogen-bond donors (Lipinski definition) is 0. The molecule has 1 aliphatic heterocycles. The summed E-state index contributed by atoms with van der Waals surface area (Å²) in [5.41, 5.74) is 3.70. The fourth-order valence-electron chi connectivity index (χ4n) is 6.22. The number of carbonyl (C=O) groups is 2. The lowest BCUT2D eigenvalue weighted by atomic mass is 9.72. The molecule has 2 heterocycles. The molecule has 1 aliphatic rings. The molecule has 4 heteroatoms. The van der Waals surface area contributed by atoms with Crippen molar-refractivity contribution >= 4 is 22.6 Å². The van der Waals surface area contributed by atoms with E-state index in [1.54, 1.807) is 0 Å². The maximum absolute atomic E-state index is 14.4. The minimum absolute atomic E-state index is 0.00337. The highest BCUT2D eigenvalue weighted by Crippen LogP contribution is 2.38. The molecule has 0 saturated carbocycles. The van der Waals surface area contributed by atoms with Crippen LogP contribution >= 0.6 is 0 Å². The van der Waals surface area contributed by atoms with E-state index >= 15 is 0 Å². The Bertz CT molecular complexity index is 1390. The number of rotatable bonds is 10. The summed E-state index contributed by atoms with van der Waals surface area (Å²) in [7, 11) is 0. The van der Waals surface area contributed by atoms with Crippen molar-refractivity contribution in [3.8, 4) is 0 Å². The molecule has 38 heavy (non-hydrogen) atoms. The van der Waals surface area contributed by atoms with Crippen LogP contribution in [-0.4, -0.2) is 34.2 Å². The van der Waals surface area contributed by atoms with Crippen LogP contribution in [0.15, 0.2) is 91.1 Å². The van der Waals surface area contributed by atoms with E-state index < -0.39 is 5.41 Å². The molecular formula is C34H38N2O2. The van der Waals surface area contributed by atoms with Crippen molar-refractivity contribution in [2.24, 2.45) is 5.41 Å². The Kier molecular flexibility index (Phi) is 7.78. The number of hydrogen-bond acceptors (Lipinski definition) is 2. The molecule has 4 aromatic rings. The Morgan fingerprint density at radius 1 is 0.868 bits per heavy atom. The minimum Gasteiger partial charge on any atom is -0.347 e. The Labute approximate surface area is 226 Å². The standard InChI is InChI=1S/C34H38N2O2/c1-3-34(23-27-15-9-6-10-16-27,32(37)20-19-26-13-7-5-8-14-26)33(38)36-22-21-28(24-36)30-25-35(4-2)31-18-12-11-17-29(30)31/h5-18,25,28H,3-4,19-24H2,1-2H3. The molecule has 196 valence electrons. The van der Waals surface area contributed by atoms with Crippen LogP contribution in [0.5, 0.6) is 0 Å². The zero-order valence-electron chi connectivity index (χ0n) is 22.6. The van der Waals surface area contributed by atoms with Crippen LogP contribution in [0.3, 0.4) is 0 Å². The number of likely N-dealkylation sites (tertiary alicyclic amines) is 1. The first-order chi connectivity index (χ1) is 18.6. The van der Waals surface area contributed by atoms with Crippen molar-refractivity contribution < 1.29 is 9.59 Å². The molecule has 1 saturated heterocycles. The van der Waals surface area contributed by atoms with Gasteiger partial charge in [-0.1, -0.05) is 85.8 Å². The average molecular weight is 507 g/mol. The molecule has 0 bridgehead atoms. The first-order valence-electron chi connectivity index (χ1n) is 14.0. The van der Waals surface area contributed by atoms with Gasteiger partial charge in [-0.2, -0.15) is 0 Å². The Hall–Kier alpha value is -3.66. The molecule has 0 radical (unpaired) electrons. The molecule has 1 fully saturated rings. The third-order valence-electron chi connectivity index (χ3n) is 8.45. The lowest BCUT2D eigenvalue weighted by Gasteiger charge is -2.34. The molecular weight excluding hydrogens is 468 g/mol. The predicted octanol–water partition coefficient (Wildman–Crippen LogP) is 6.82. The van der Waals surface area contributed by atoms with Gasteiger partial charge in [-0.3, -0.25) is 9.59 Å². The Morgan fingerprint density at radius 2 is 1.53 bits per heavy atom. The van der Waals surface area contributed by atoms with E-state index in [0.29, 0.717) is 38.8 Å². The van der Waals surface area contributed by atoms with Crippen LogP contribution in [0.4, 0.5) is 0 Å². The highest BCUT2D eigenvalue weighted by molar-refractivity contribution is 6.06. The summed E-state index contributed by atoms with van der Waals surface area (Å²) in [6.07, 6.45) is 5.18. The number of fused-ring (bicyclic) bond motifs is 1. The third-order valence-corrected chi connectivity index (χ3v) is 8.45. The average Bonchev–Trinajstić information content (AvgIpc) is 3.60. The lowest BCUT2D eigenvalue weighted by molar-refractivity contribution is -0.149. The maximum Gasteiger partial charge on any atom is 0.236 e.